The quantitative estimate of drug-likeness (QED) is 0.481. The van der Waals surface area contributed by atoms with Crippen molar-refractivity contribution in [2.24, 2.45) is 5.92 Å². The summed E-state index contributed by atoms with van der Waals surface area (Å²) < 4.78 is 0. The summed E-state index contributed by atoms with van der Waals surface area (Å²) in [4.78, 5) is 27.7. The Bertz CT molecular complexity index is 957. The van der Waals surface area contributed by atoms with Gasteiger partial charge in [0.15, 0.2) is 11.4 Å². The third kappa shape index (κ3) is 4.36. The molecule has 3 aromatic heterocycles. The molecule has 1 saturated carbocycles. The average molecular weight is 397 g/mol. The Kier molecular flexibility index (Phi) is 5.62. The van der Waals surface area contributed by atoms with Gasteiger partial charge in [0.05, 0.1) is 5.56 Å². The van der Waals surface area contributed by atoms with Crippen molar-refractivity contribution in [2.45, 2.75) is 31.7 Å². The number of nitrogens with one attached hydrogen (secondary N) is 2. The minimum absolute atomic E-state index is 0.403. The highest BCUT2D eigenvalue weighted by atomic mass is 35.5. The van der Waals surface area contributed by atoms with Gasteiger partial charge >= 0.3 is 0 Å². The zero-order valence-electron chi connectivity index (χ0n) is 15.3. The van der Waals surface area contributed by atoms with Crippen molar-refractivity contribution in [3.8, 4) is 0 Å². The molecule has 0 aromatic carbocycles. The molecule has 4 rings (SSSR count). The molecule has 1 aliphatic carbocycles. The van der Waals surface area contributed by atoms with Crippen molar-refractivity contribution >= 4 is 40.6 Å². The van der Waals surface area contributed by atoms with Crippen LogP contribution in [0.1, 0.15) is 36.0 Å². The fraction of sp³-hybridized carbons (Fsp3) is 0.350. The highest BCUT2D eigenvalue weighted by molar-refractivity contribution is 6.33. The Morgan fingerprint density at radius 3 is 2.61 bits per heavy atom. The Balaban J connectivity index is 1.28. The van der Waals surface area contributed by atoms with Crippen molar-refractivity contribution in [1.29, 1.82) is 0 Å². The van der Waals surface area contributed by atoms with Gasteiger partial charge in [-0.05, 0) is 49.8 Å². The van der Waals surface area contributed by atoms with E-state index in [1.165, 1.54) is 12.4 Å². The molecular weight excluding hydrogens is 376 g/mol. The summed E-state index contributed by atoms with van der Waals surface area (Å²) in [6.07, 6.45) is 9.89. The standard InChI is InChI=1S/C20H21ClN6O/c21-19-18-15(7-8-22-19)3-6-17(27-18)26-16-4-1-13(2-5-16)9-23-20-24-10-14(12-28)11-25-20/h3,6-8,10-13,16H,1-2,4-5,9H2,(H,26,27)(H,23,24,25). The number of hydrogen-bond donors (Lipinski definition) is 2. The van der Waals surface area contributed by atoms with Crippen molar-refractivity contribution in [3.63, 3.8) is 0 Å². The maximum atomic E-state index is 10.6. The van der Waals surface area contributed by atoms with Crippen molar-refractivity contribution in [1.82, 2.24) is 19.9 Å². The van der Waals surface area contributed by atoms with E-state index >= 15 is 0 Å². The fourth-order valence-corrected chi connectivity index (χ4v) is 3.75. The van der Waals surface area contributed by atoms with E-state index in [0.717, 1.165) is 55.2 Å². The number of anilines is 2. The van der Waals surface area contributed by atoms with Gasteiger partial charge in [-0.3, -0.25) is 4.79 Å². The molecule has 0 spiro atoms. The zero-order chi connectivity index (χ0) is 19.3. The molecule has 8 heteroatoms. The average Bonchev–Trinajstić information content (AvgIpc) is 2.74. The molecular formula is C20H21ClN6O. The number of hydrogen-bond acceptors (Lipinski definition) is 7. The van der Waals surface area contributed by atoms with Crippen LogP contribution in [0.15, 0.2) is 36.8 Å². The van der Waals surface area contributed by atoms with E-state index in [-0.39, 0.29) is 0 Å². The number of halogens is 1. The van der Waals surface area contributed by atoms with Crippen molar-refractivity contribution < 1.29 is 4.79 Å². The lowest BCUT2D eigenvalue weighted by atomic mass is 9.86. The smallest absolute Gasteiger partial charge is 0.222 e. The molecule has 0 bridgehead atoms. The minimum Gasteiger partial charge on any atom is -0.367 e. The molecule has 0 saturated heterocycles. The topological polar surface area (TPSA) is 92.7 Å². The number of fused-ring (bicyclic) bond motifs is 1. The van der Waals surface area contributed by atoms with E-state index in [1.807, 2.05) is 18.2 Å². The molecule has 0 atom stereocenters. The highest BCUT2D eigenvalue weighted by Crippen LogP contribution is 2.27. The van der Waals surface area contributed by atoms with Gasteiger partial charge in [-0.25, -0.2) is 19.9 Å². The normalized spacial score (nSPS) is 19.3. The molecule has 0 aliphatic heterocycles. The summed E-state index contributed by atoms with van der Waals surface area (Å²) in [7, 11) is 0. The van der Waals surface area contributed by atoms with Crippen LogP contribution in [0.5, 0.6) is 0 Å². The van der Waals surface area contributed by atoms with Crippen LogP contribution in [0.2, 0.25) is 5.15 Å². The molecule has 0 amide bonds. The van der Waals surface area contributed by atoms with Crippen LogP contribution >= 0.6 is 11.6 Å². The number of carbonyl (C=O) groups excluding carboxylic acids is 1. The predicted molar refractivity (Wildman–Crippen MR) is 110 cm³/mol. The van der Waals surface area contributed by atoms with Crippen LogP contribution in [0.4, 0.5) is 11.8 Å². The number of carbonyl (C=O) groups is 1. The predicted octanol–water partition coefficient (Wildman–Crippen LogP) is 3.97. The van der Waals surface area contributed by atoms with Crippen molar-refractivity contribution in [2.75, 3.05) is 17.2 Å². The second-order valence-corrected chi connectivity index (χ2v) is 7.43. The lowest BCUT2D eigenvalue weighted by Crippen LogP contribution is -2.29. The van der Waals surface area contributed by atoms with E-state index in [4.69, 9.17) is 11.6 Å². The number of pyridine rings is 2. The minimum atomic E-state index is 0.403. The first-order valence-corrected chi connectivity index (χ1v) is 9.78. The Labute approximate surface area is 168 Å². The molecule has 28 heavy (non-hydrogen) atoms. The summed E-state index contributed by atoms with van der Waals surface area (Å²) in [5, 5.41) is 8.22. The molecule has 2 N–H and O–H groups in total. The van der Waals surface area contributed by atoms with Gasteiger partial charge in [-0.2, -0.15) is 0 Å². The number of aldehydes is 1. The van der Waals surface area contributed by atoms with E-state index in [2.05, 4.69) is 30.6 Å². The molecule has 1 fully saturated rings. The van der Waals surface area contributed by atoms with Crippen LogP contribution in [0.3, 0.4) is 0 Å². The van der Waals surface area contributed by atoms with Gasteiger partial charge in [-0.15, -0.1) is 0 Å². The van der Waals surface area contributed by atoms with Gasteiger partial charge in [0.2, 0.25) is 5.95 Å². The van der Waals surface area contributed by atoms with Crippen LogP contribution in [-0.4, -0.2) is 38.8 Å². The molecule has 1 aliphatic rings. The lowest BCUT2D eigenvalue weighted by Gasteiger charge is -2.29. The van der Waals surface area contributed by atoms with E-state index in [9.17, 15) is 4.79 Å². The highest BCUT2D eigenvalue weighted by Gasteiger charge is 2.21. The summed E-state index contributed by atoms with van der Waals surface area (Å²) in [6, 6.07) is 6.32. The molecule has 3 aromatic rings. The Hall–Kier alpha value is -2.80. The van der Waals surface area contributed by atoms with Crippen LogP contribution in [-0.2, 0) is 0 Å². The third-order valence-electron chi connectivity index (χ3n) is 5.12. The third-order valence-corrected chi connectivity index (χ3v) is 5.40. The molecule has 3 heterocycles. The molecule has 0 unspecified atom stereocenters. The summed E-state index contributed by atoms with van der Waals surface area (Å²) in [5.74, 6) is 1.99. The maximum absolute atomic E-state index is 10.6. The second-order valence-electron chi connectivity index (χ2n) is 7.07. The van der Waals surface area contributed by atoms with E-state index in [0.29, 0.717) is 28.6 Å². The second kappa shape index (κ2) is 8.48. The molecule has 7 nitrogen and oxygen atoms in total. The molecule has 0 radical (unpaired) electrons. The number of nitrogens with zero attached hydrogens (tertiary/aromatic N) is 4. The Morgan fingerprint density at radius 2 is 1.86 bits per heavy atom. The zero-order valence-corrected chi connectivity index (χ0v) is 16.1. The monoisotopic (exact) mass is 396 g/mol. The first-order valence-electron chi connectivity index (χ1n) is 9.40. The maximum Gasteiger partial charge on any atom is 0.222 e. The van der Waals surface area contributed by atoms with Crippen molar-refractivity contribution in [3.05, 3.63) is 47.5 Å². The van der Waals surface area contributed by atoms with Gasteiger partial charge in [0, 0.05) is 36.6 Å². The number of rotatable bonds is 6. The van der Waals surface area contributed by atoms with Gasteiger partial charge in [0.1, 0.15) is 11.3 Å². The number of aromatic nitrogens is 4. The fourth-order valence-electron chi connectivity index (χ4n) is 3.54. The summed E-state index contributed by atoms with van der Waals surface area (Å²) >= 11 is 6.16. The van der Waals surface area contributed by atoms with Crippen LogP contribution in [0, 0.1) is 5.92 Å². The Morgan fingerprint density at radius 1 is 1.07 bits per heavy atom. The molecule has 144 valence electrons. The van der Waals surface area contributed by atoms with E-state index < -0.39 is 0 Å². The van der Waals surface area contributed by atoms with Gasteiger partial charge in [-0.1, -0.05) is 11.6 Å². The summed E-state index contributed by atoms with van der Waals surface area (Å²) in [6.45, 7) is 0.836. The summed E-state index contributed by atoms with van der Waals surface area (Å²) in [5.41, 5.74) is 1.21. The first kappa shape index (κ1) is 18.6. The lowest BCUT2D eigenvalue weighted by molar-refractivity contribution is 0.112. The largest absolute Gasteiger partial charge is 0.367 e. The van der Waals surface area contributed by atoms with Crippen LogP contribution in [0.25, 0.3) is 10.9 Å². The van der Waals surface area contributed by atoms with E-state index in [1.54, 1.807) is 6.20 Å². The van der Waals surface area contributed by atoms with Crippen LogP contribution < -0.4 is 10.6 Å². The van der Waals surface area contributed by atoms with Gasteiger partial charge in [0.25, 0.3) is 0 Å². The first-order chi connectivity index (χ1) is 13.7. The van der Waals surface area contributed by atoms with Gasteiger partial charge < -0.3 is 10.6 Å². The SMILES string of the molecule is O=Cc1cnc(NCC2CCC(Nc3ccc4ccnc(Cl)c4n3)CC2)nc1.